The van der Waals surface area contributed by atoms with Gasteiger partial charge in [0.1, 0.15) is 36.6 Å². The Bertz CT molecular complexity index is 1050. The van der Waals surface area contributed by atoms with Crippen LogP contribution < -0.4 is 5.32 Å². The third-order valence-electron chi connectivity index (χ3n) is 8.35. The number of carbonyl (C=O) groups is 1. The summed E-state index contributed by atoms with van der Waals surface area (Å²) >= 11 is 0. The van der Waals surface area contributed by atoms with Crippen LogP contribution in [0.2, 0.25) is 0 Å². The number of phosphoric ester groups is 1. The molecule has 1 saturated carbocycles. The summed E-state index contributed by atoms with van der Waals surface area (Å²) in [6.07, 6.45) is 14.0. The minimum Gasteiger partial charge on any atom is -0.393 e. The Hall–Kier alpha value is -1.74. The summed E-state index contributed by atoms with van der Waals surface area (Å²) in [5.41, 5.74) is 0. The second kappa shape index (κ2) is 26.9. The Morgan fingerprint density at radius 3 is 1.80 bits per heavy atom. The lowest BCUT2D eigenvalue weighted by Crippen LogP contribution is -2.64. The Morgan fingerprint density at radius 2 is 1.22 bits per heavy atom. The number of aliphatic hydroxyl groups is 7. The highest BCUT2D eigenvalue weighted by molar-refractivity contribution is 7.47. The third kappa shape index (κ3) is 19.8. The van der Waals surface area contributed by atoms with Crippen molar-refractivity contribution in [2.45, 2.75) is 165 Å². The highest BCUT2D eigenvalue weighted by Gasteiger charge is 2.51. The minimum atomic E-state index is -5.14. The molecule has 1 aliphatic carbocycles. The van der Waals surface area contributed by atoms with Crippen molar-refractivity contribution in [3.63, 3.8) is 0 Å². The Labute approximate surface area is 298 Å². The molecule has 0 aromatic carbocycles. The number of aliphatic hydroxyl groups excluding tert-OH is 7. The molecule has 1 rings (SSSR count). The molecule has 0 aromatic rings. The number of allylic oxidation sites excluding steroid dienone is 7. The average molecular weight is 734 g/mol. The van der Waals surface area contributed by atoms with Crippen molar-refractivity contribution in [2.75, 3.05) is 6.61 Å². The smallest absolute Gasteiger partial charge is 0.393 e. The van der Waals surface area contributed by atoms with Gasteiger partial charge in [-0.15, -0.1) is 0 Å². The molecule has 8 atom stereocenters. The van der Waals surface area contributed by atoms with Gasteiger partial charge in [-0.3, -0.25) is 13.8 Å². The molecule has 50 heavy (non-hydrogen) atoms. The van der Waals surface area contributed by atoms with E-state index in [0.29, 0.717) is 19.3 Å². The van der Waals surface area contributed by atoms with E-state index in [4.69, 9.17) is 9.05 Å². The monoisotopic (exact) mass is 733 g/mol. The zero-order valence-electron chi connectivity index (χ0n) is 29.8. The van der Waals surface area contributed by atoms with Crippen LogP contribution in [0.1, 0.15) is 110 Å². The Morgan fingerprint density at radius 1 is 0.700 bits per heavy atom. The van der Waals surface area contributed by atoms with Gasteiger partial charge in [-0.05, 0) is 57.8 Å². The van der Waals surface area contributed by atoms with Crippen molar-refractivity contribution >= 4 is 13.7 Å². The van der Waals surface area contributed by atoms with Crippen molar-refractivity contribution in [1.82, 2.24) is 5.32 Å². The fourth-order valence-electron chi connectivity index (χ4n) is 5.26. The summed E-state index contributed by atoms with van der Waals surface area (Å²) in [7, 11) is -5.14. The fourth-order valence-corrected chi connectivity index (χ4v) is 6.22. The SMILES string of the molecule is CCC/C=C/CC/C=C/CC/C=C/C(O)C(COP(=O)(O)OC1C(O)C(O)C(O)C(O)C1O)NC(=O)CC(O)CCCCC/C=C\CCCC. The van der Waals surface area contributed by atoms with Gasteiger partial charge in [0.05, 0.1) is 31.3 Å². The molecule has 13 nitrogen and oxygen atoms in total. The second-order valence-corrected chi connectivity index (χ2v) is 14.3. The molecule has 290 valence electrons. The van der Waals surface area contributed by atoms with Crippen LogP contribution in [0.4, 0.5) is 0 Å². The van der Waals surface area contributed by atoms with E-state index in [1.807, 2.05) is 6.08 Å². The summed E-state index contributed by atoms with van der Waals surface area (Å²) in [5, 5.41) is 73.7. The largest absolute Gasteiger partial charge is 0.472 e. The van der Waals surface area contributed by atoms with Crippen LogP contribution in [0.5, 0.6) is 0 Å². The molecule has 8 unspecified atom stereocenters. The number of phosphoric acid groups is 1. The summed E-state index contributed by atoms with van der Waals surface area (Å²) in [6.45, 7) is 3.52. The van der Waals surface area contributed by atoms with Gasteiger partial charge < -0.3 is 46.0 Å². The van der Waals surface area contributed by atoms with Gasteiger partial charge in [-0.1, -0.05) is 94.6 Å². The van der Waals surface area contributed by atoms with Crippen LogP contribution in [-0.4, -0.2) is 108 Å². The lowest BCUT2D eigenvalue weighted by molar-refractivity contribution is -0.220. The summed E-state index contributed by atoms with van der Waals surface area (Å²) < 4.78 is 22.6. The molecule has 14 heteroatoms. The maximum atomic E-state index is 12.8. The molecule has 0 saturated heterocycles. The summed E-state index contributed by atoms with van der Waals surface area (Å²) in [6, 6.07) is -1.26. The predicted molar refractivity (Wildman–Crippen MR) is 192 cm³/mol. The highest BCUT2D eigenvalue weighted by atomic mass is 31.2. The van der Waals surface area contributed by atoms with Crippen molar-refractivity contribution < 1.29 is 59.0 Å². The molecule has 0 spiro atoms. The molecule has 1 fully saturated rings. The molecule has 0 radical (unpaired) electrons. The number of unbranched alkanes of at least 4 members (excludes halogenated alkanes) is 8. The van der Waals surface area contributed by atoms with Crippen LogP contribution in [0.3, 0.4) is 0 Å². The molecule has 1 amide bonds. The van der Waals surface area contributed by atoms with Crippen molar-refractivity contribution in [1.29, 1.82) is 0 Å². The first kappa shape index (κ1) is 46.3. The fraction of sp³-hybridized carbons (Fsp3) is 0.750. The lowest BCUT2D eigenvalue weighted by Gasteiger charge is -2.41. The van der Waals surface area contributed by atoms with Gasteiger partial charge in [0.15, 0.2) is 0 Å². The number of hydrogen-bond donors (Lipinski definition) is 9. The normalized spacial score (nSPS) is 26.2. The number of amides is 1. The molecule has 0 bridgehead atoms. The van der Waals surface area contributed by atoms with Gasteiger partial charge >= 0.3 is 7.82 Å². The molecule has 9 N–H and O–H groups in total. The number of rotatable bonds is 27. The number of carbonyl (C=O) groups excluding carboxylic acids is 1. The second-order valence-electron chi connectivity index (χ2n) is 12.9. The van der Waals surface area contributed by atoms with Crippen LogP contribution in [0.25, 0.3) is 0 Å². The first-order valence-electron chi connectivity index (χ1n) is 18.2. The van der Waals surface area contributed by atoms with Crippen LogP contribution in [-0.2, 0) is 18.4 Å². The summed E-state index contributed by atoms with van der Waals surface area (Å²) in [4.78, 5) is 23.2. The van der Waals surface area contributed by atoms with E-state index < -0.39 is 75.2 Å². The van der Waals surface area contributed by atoms with Crippen LogP contribution >= 0.6 is 7.82 Å². The molecule has 1 aliphatic rings. The van der Waals surface area contributed by atoms with Gasteiger partial charge in [0.2, 0.25) is 5.91 Å². The van der Waals surface area contributed by atoms with Crippen LogP contribution in [0.15, 0.2) is 48.6 Å². The van der Waals surface area contributed by atoms with Gasteiger partial charge in [-0.2, -0.15) is 0 Å². The number of hydrogen-bond acceptors (Lipinski definition) is 11. The molecular formula is C36H64NO12P. The zero-order chi connectivity index (χ0) is 37.4. The minimum absolute atomic E-state index is 0.270. The van der Waals surface area contributed by atoms with Crippen molar-refractivity contribution in [3.05, 3.63) is 48.6 Å². The van der Waals surface area contributed by atoms with Crippen molar-refractivity contribution in [2.24, 2.45) is 0 Å². The first-order valence-corrected chi connectivity index (χ1v) is 19.7. The topological polar surface area (TPSA) is 226 Å². The highest BCUT2D eigenvalue weighted by Crippen LogP contribution is 2.47. The maximum absolute atomic E-state index is 12.8. The Balaban J connectivity index is 2.76. The van der Waals surface area contributed by atoms with E-state index in [0.717, 1.165) is 64.2 Å². The van der Waals surface area contributed by atoms with Gasteiger partial charge in [-0.25, -0.2) is 4.57 Å². The lowest BCUT2D eigenvalue weighted by atomic mass is 9.85. The third-order valence-corrected chi connectivity index (χ3v) is 9.33. The zero-order valence-corrected chi connectivity index (χ0v) is 30.7. The average Bonchev–Trinajstić information content (AvgIpc) is 3.08. The van der Waals surface area contributed by atoms with E-state index in [9.17, 15) is 50.0 Å². The maximum Gasteiger partial charge on any atom is 0.472 e. The molecular weight excluding hydrogens is 669 g/mol. The van der Waals surface area contributed by atoms with Gasteiger partial charge in [0, 0.05) is 0 Å². The quantitative estimate of drug-likeness (QED) is 0.0335. The number of nitrogens with one attached hydrogen (secondary N) is 1. The van der Waals surface area contributed by atoms with E-state index in [1.165, 1.54) is 12.5 Å². The first-order chi connectivity index (χ1) is 23.8. The molecule has 0 aromatic heterocycles. The van der Waals surface area contributed by atoms with Crippen LogP contribution in [0, 0.1) is 0 Å². The van der Waals surface area contributed by atoms with Crippen molar-refractivity contribution in [3.8, 4) is 0 Å². The Kier molecular flexibility index (Phi) is 24.9. The molecule has 0 heterocycles. The van der Waals surface area contributed by atoms with E-state index in [1.54, 1.807) is 6.08 Å². The van der Waals surface area contributed by atoms with E-state index >= 15 is 0 Å². The van der Waals surface area contributed by atoms with E-state index in [2.05, 4.69) is 49.5 Å². The van der Waals surface area contributed by atoms with Gasteiger partial charge in [0.25, 0.3) is 0 Å². The predicted octanol–water partition coefficient (Wildman–Crippen LogP) is 3.63. The molecule has 0 aliphatic heterocycles. The standard InChI is InChI=1S/C36H64NO12P/c1-3-5-7-9-11-13-14-16-18-20-22-24-29(39)28(37-30(40)25-27(38)23-21-19-17-15-12-10-8-6-4-2)26-48-50(46,47)49-36-34(44)32(42)31(41)33(43)35(36)45/h7,9-10,12,14,16,22,24,27-29,31-36,38-39,41-45H,3-6,8,11,13,15,17-21,23,25-26H2,1-2H3,(H,37,40)(H,46,47)/b9-7+,12-10-,16-14+,24-22+. The van der Waals surface area contributed by atoms with E-state index in [-0.39, 0.29) is 6.42 Å². The summed E-state index contributed by atoms with van der Waals surface area (Å²) in [5.74, 6) is -0.625.